The molecule has 31 heavy (non-hydrogen) atoms. The topological polar surface area (TPSA) is 117 Å². The van der Waals surface area contributed by atoms with E-state index in [1.807, 2.05) is 0 Å². The summed E-state index contributed by atoms with van der Waals surface area (Å²) in [6, 6.07) is 6.88. The third-order valence-corrected chi connectivity index (χ3v) is 3.42. The van der Waals surface area contributed by atoms with Crippen molar-refractivity contribution in [3.63, 3.8) is 0 Å². The van der Waals surface area contributed by atoms with E-state index in [0.29, 0.717) is 0 Å². The Labute approximate surface area is 177 Å². The molecule has 0 fully saturated rings. The molecule has 2 aromatic carbocycles. The number of hydrogen-bond acceptors (Lipinski definition) is 7. The molecule has 2 aromatic heterocycles. The predicted octanol–water partition coefficient (Wildman–Crippen LogP) is 3.06. The molecule has 2 N–H and O–H groups in total. The molecule has 0 unspecified atom stereocenters. The van der Waals surface area contributed by atoms with Crippen molar-refractivity contribution in [3.8, 4) is 11.4 Å². The lowest BCUT2D eigenvalue weighted by atomic mass is 10.3. The lowest BCUT2D eigenvalue weighted by Crippen LogP contribution is -2.05. The number of nitrogens with two attached hydrogens (primary N) is 1. The number of carbonyl (C=O) groups excluding carboxylic acids is 1. The second-order valence-electron chi connectivity index (χ2n) is 5.39. The van der Waals surface area contributed by atoms with Gasteiger partial charge in [0, 0.05) is 0 Å². The van der Waals surface area contributed by atoms with Crippen molar-refractivity contribution in [2.24, 2.45) is 4.99 Å². The molecule has 14 heteroatoms. The van der Waals surface area contributed by atoms with E-state index >= 15 is 0 Å². The number of hydrogen-bond donors (Lipinski definition) is 1. The highest BCUT2D eigenvalue weighted by atomic mass is 35.5. The fourth-order valence-electron chi connectivity index (χ4n) is 2.20. The summed E-state index contributed by atoms with van der Waals surface area (Å²) in [5.74, 6) is -3.05. The molecule has 0 radical (unpaired) electrons. The molecule has 4 rings (SSSR count). The second kappa shape index (κ2) is 10.1. The van der Waals surface area contributed by atoms with E-state index in [9.17, 15) is 22.4 Å². The van der Waals surface area contributed by atoms with Crippen LogP contribution < -0.4 is 5.73 Å². The summed E-state index contributed by atoms with van der Waals surface area (Å²) in [5.41, 5.74) is 4.53. The largest absolute Gasteiger partial charge is 0.381 e. The number of aromatic nitrogens is 6. The van der Waals surface area contributed by atoms with Crippen LogP contribution in [0.25, 0.3) is 11.4 Å². The molecule has 0 amide bonds. The van der Waals surface area contributed by atoms with Gasteiger partial charge in [0.25, 0.3) is 0 Å². The van der Waals surface area contributed by atoms with Gasteiger partial charge in [0.1, 0.15) is 0 Å². The molecule has 0 aliphatic rings. The molecular weight excluding hydrogens is 444 g/mol. The second-order valence-corrected chi connectivity index (χ2v) is 5.39. The van der Waals surface area contributed by atoms with Crippen molar-refractivity contribution in [2.75, 3.05) is 5.73 Å². The fourth-order valence-corrected chi connectivity index (χ4v) is 2.20. The summed E-state index contributed by atoms with van der Waals surface area (Å²) in [6.45, 7) is 0. The van der Waals surface area contributed by atoms with Crippen molar-refractivity contribution < 1.29 is 22.4 Å². The SMILES string of the molecule is Cl.Nc1cnn(-c2c(F)cccc2F)n1.O=C=Nc1cnn(-c2c(F)cccc2F)n1. The third-order valence-electron chi connectivity index (χ3n) is 3.42. The first-order valence-electron chi connectivity index (χ1n) is 7.97. The molecule has 0 atom stereocenters. The van der Waals surface area contributed by atoms with Gasteiger partial charge in [-0.05, 0) is 24.3 Å². The monoisotopic (exact) mass is 454 g/mol. The summed E-state index contributed by atoms with van der Waals surface area (Å²) in [5, 5.41) is 14.4. The van der Waals surface area contributed by atoms with Crippen LogP contribution in [0.5, 0.6) is 0 Å². The van der Waals surface area contributed by atoms with Crippen LogP contribution in [0.4, 0.5) is 29.2 Å². The number of nitrogen functional groups attached to an aromatic ring is 1. The van der Waals surface area contributed by atoms with Gasteiger partial charge < -0.3 is 5.73 Å². The van der Waals surface area contributed by atoms with Crippen molar-refractivity contribution >= 4 is 30.1 Å². The highest BCUT2D eigenvalue weighted by molar-refractivity contribution is 5.85. The molecule has 9 nitrogen and oxygen atoms in total. The van der Waals surface area contributed by atoms with Crippen LogP contribution in [0.1, 0.15) is 0 Å². The van der Waals surface area contributed by atoms with Gasteiger partial charge in [0.05, 0.1) is 12.4 Å². The Morgan fingerprint density at radius 1 is 0.806 bits per heavy atom. The number of aliphatic imine (C=N–C) groups is 1. The molecule has 4 aromatic rings. The molecule has 0 bridgehead atoms. The highest BCUT2D eigenvalue weighted by Crippen LogP contribution is 2.17. The van der Waals surface area contributed by atoms with E-state index in [4.69, 9.17) is 5.73 Å². The predicted molar refractivity (Wildman–Crippen MR) is 102 cm³/mol. The maximum Gasteiger partial charge on any atom is 0.242 e. The van der Waals surface area contributed by atoms with E-state index in [-0.39, 0.29) is 29.7 Å². The number of isocyanates is 1. The van der Waals surface area contributed by atoms with Gasteiger partial charge >= 0.3 is 0 Å². The number of benzene rings is 2. The zero-order chi connectivity index (χ0) is 21.7. The summed E-state index contributed by atoms with van der Waals surface area (Å²) in [7, 11) is 0. The zero-order valence-electron chi connectivity index (χ0n) is 15.2. The number of anilines is 1. The average Bonchev–Trinajstić information content (AvgIpc) is 3.32. The third kappa shape index (κ3) is 5.29. The van der Waals surface area contributed by atoms with Crippen molar-refractivity contribution in [1.29, 1.82) is 0 Å². The summed E-state index contributed by atoms with van der Waals surface area (Å²) >= 11 is 0. The van der Waals surface area contributed by atoms with Crippen LogP contribution in [0.15, 0.2) is 53.8 Å². The van der Waals surface area contributed by atoms with Gasteiger partial charge in [-0.1, -0.05) is 12.1 Å². The zero-order valence-corrected chi connectivity index (χ0v) is 16.0. The van der Waals surface area contributed by atoms with Gasteiger partial charge in [0.2, 0.25) is 11.9 Å². The minimum atomic E-state index is -0.808. The van der Waals surface area contributed by atoms with Gasteiger partial charge in [-0.25, -0.2) is 22.4 Å². The summed E-state index contributed by atoms with van der Waals surface area (Å²) in [4.78, 5) is 14.6. The Morgan fingerprint density at radius 3 is 1.68 bits per heavy atom. The normalized spacial score (nSPS) is 9.81. The minimum Gasteiger partial charge on any atom is -0.381 e. The Morgan fingerprint density at radius 2 is 1.26 bits per heavy atom. The maximum atomic E-state index is 13.3. The molecule has 0 aliphatic carbocycles. The molecule has 0 saturated heterocycles. The Bertz CT molecular complexity index is 1200. The van der Waals surface area contributed by atoms with Crippen LogP contribution in [0.3, 0.4) is 0 Å². The first-order chi connectivity index (χ1) is 14.4. The Hall–Kier alpha value is -4.09. The fraction of sp³-hybridized carbons (Fsp3) is 0. The Kier molecular flexibility index (Phi) is 7.55. The molecule has 160 valence electrons. The maximum absolute atomic E-state index is 13.3. The smallest absolute Gasteiger partial charge is 0.242 e. The van der Waals surface area contributed by atoms with E-state index in [1.54, 1.807) is 0 Å². The van der Waals surface area contributed by atoms with Crippen LogP contribution in [0, 0.1) is 23.3 Å². The van der Waals surface area contributed by atoms with Crippen molar-refractivity contribution in [3.05, 3.63) is 72.1 Å². The number of halogens is 5. The van der Waals surface area contributed by atoms with Crippen LogP contribution >= 0.6 is 12.4 Å². The van der Waals surface area contributed by atoms with E-state index in [0.717, 1.165) is 40.1 Å². The molecule has 0 aliphatic heterocycles. The van der Waals surface area contributed by atoms with Gasteiger partial charge in [-0.2, -0.15) is 10.2 Å². The van der Waals surface area contributed by atoms with Gasteiger partial charge in [0.15, 0.2) is 40.5 Å². The van der Waals surface area contributed by atoms with Gasteiger partial charge in [-0.15, -0.1) is 37.2 Å². The van der Waals surface area contributed by atoms with E-state index in [2.05, 4.69) is 25.4 Å². The van der Waals surface area contributed by atoms with Crippen molar-refractivity contribution in [1.82, 2.24) is 30.0 Å². The van der Waals surface area contributed by atoms with Gasteiger partial charge in [-0.3, -0.25) is 0 Å². The lowest BCUT2D eigenvalue weighted by molar-refractivity contribution is 0.544. The molecule has 0 spiro atoms. The number of para-hydroxylation sites is 2. The molecular formula is C17H11ClF4N8O. The number of rotatable bonds is 3. The lowest BCUT2D eigenvalue weighted by Gasteiger charge is -2.01. The van der Waals surface area contributed by atoms with Crippen LogP contribution in [0.2, 0.25) is 0 Å². The first kappa shape index (κ1) is 23.2. The molecule has 0 saturated carbocycles. The average molecular weight is 455 g/mol. The van der Waals surface area contributed by atoms with Crippen LogP contribution in [-0.2, 0) is 4.79 Å². The summed E-state index contributed by atoms with van der Waals surface area (Å²) in [6.07, 6.45) is 3.56. The van der Waals surface area contributed by atoms with E-state index < -0.39 is 29.0 Å². The first-order valence-corrected chi connectivity index (χ1v) is 7.97. The highest BCUT2D eigenvalue weighted by Gasteiger charge is 2.13. The minimum absolute atomic E-state index is 0. The molecule has 2 heterocycles. The van der Waals surface area contributed by atoms with E-state index in [1.165, 1.54) is 24.4 Å². The summed E-state index contributed by atoms with van der Waals surface area (Å²) < 4.78 is 52.9. The Balaban J connectivity index is 0.000000215. The van der Waals surface area contributed by atoms with Crippen LogP contribution in [-0.4, -0.2) is 36.1 Å². The quantitative estimate of drug-likeness (QED) is 0.289. The number of nitrogens with zero attached hydrogens (tertiary/aromatic N) is 7. The standard InChI is InChI=1S/C9H4F2N4O.C8H6F2N4.ClH/c10-6-2-1-3-7(11)9(6)15-13-4-8(14-15)12-5-16;9-5-2-1-3-6(10)8(5)14-12-4-7(11)13-14;/h1-4H;1-4H,(H2,11,13);1H. The van der Waals surface area contributed by atoms with Crippen molar-refractivity contribution in [2.45, 2.75) is 0 Å².